The molecule has 0 saturated carbocycles. The van der Waals surface area contributed by atoms with Crippen LogP contribution >= 0.6 is 0 Å². The summed E-state index contributed by atoms with van der Waals surface area (Å²) in [5, 5.41) is 0. The molecule has 0 spiro atoms. The van der Waals surface area contributed by atoms with Crippen LogP contribution in [0.15, 0.2) is 85.1 Å². The van der Waals surface area contributed by atoms with E-state index in [-0.39, 0.29) is 31.1 Å². The Morgan fingerprint density at radius 1 is 0.299 bits per heavy atom. The van der Waals surface area contributed by atoms with Gasteiger partial charge in [0.15, 0.2) is 6.10 Å². The average Bonchev–Trinajstić information content (AvgIpc) is 3.33. The SMILES string of the molecule is CCCCC/C=C\C/C=C\C/C=C\CCCCCCC(=O)OC[C@H](COC(=O)CCCC/C=C\C/C=C\C/C=C\CCCCC)OC(=O)CCCCCCCCC/C=C\CCCCCCCC. The lowest BCUT2D eigenvalue weighted by atomic mass is 10.1. The summed E-state index contributed by atoms with van der Waals surface area (Å²) in [6.07, 6.45) is 71.4. The summed E-state index contributed by atoms with van der Waals surface area (Å²) in [5.74, 6) is -0.962. The lowest BCUT2D eigenvalue weighted by Gasteiger charge is -2.18. The number of allylic oxidation sites excluding steroid dienone is 14. The van der Waals surface area contributed by atoms with Crippen molar-refractivity contribution in [1.82, 2.24) is 0 Å². The molecule has 0 aliphatic carbocycles. The van der Waals surface area contributed by atoms with Gasteiger partial charge in [-0.25, -0.2) is 0 Å². The number of carbonyl (C=O) groups excluding carboxylic acids is 3. The van der Waals surface area contributed by atoms with Gasteiger partial charge in [-0.05, 0) is 122 Å². The maximum Gasteiger partial charge on any atom is 0.306 e. The molecule has 67 heavy (non-hydrogen) atoms. The van der Waals surface area contributed by atoms with Crippen molar-refractivity contribution in [2.75, 3.05) is 13.2 Å². The number of carbonyl (C=O) groups is 3. The lowest BCUT2D eigenvalue weighted by Crippen LogP contribution is -2.30. The van der Waals surface area contributed by atoms with Gasteiger partial charge in [0, 0.05) is 19.3 Å². The van der Waals surface area contributed by atoms with E-state index in [9.17, 15) is 14.4 Å². The summed E-state index contributed by atoms with van der Waals surface area (Å²) in [7, 11) is 0. The van der Waals surface area contributed by atoms with Crippen LogP contribution in [0.1, 0.15) is 265 Å². The minimum Gasteiger partial charge on any atom is -0.462 e. The number of hydrogen-bond donors (Lipinski definition) is 0. The van der Waals surface area contributed by atoms with Crippen molar-refractivity contribution in [3.8, 4) is 0 Å². The minimum absolute atomic E-state index is 0.102. The molecule has 0 aliphatic rings. The van der Waals surface area contributed by atoms with Gasteiger partial charge in [0.05, 0.1) is 0 Å². The first-order chi connectivity index (χ1) is 33.0. The van der Waals surface area contributed by atoms with Crippen LogP contribution in [0.25, 0.3) is 0 Å². The Morgan fingerprint density at radius 2 is 0.537 bits per heavy atom. The summed E-state index contributed by atoms with van der Waals surface area (Å²) >= 11 is 0. The van der Waals surface area contributed by atoms with Crippen LogP contribution in [0.3, 0.4) is 0 Å². The Hall–Kier alpha value is -3.41. The molecule has 0 radical (unpaired) electrons. The van der Waals surface area contributed by atoms with E-state index in [1.165, 1.54) is 128 Å². The standard InChI is InChI=1S/C61H104O6/c1-4-7-10-13-16-19-22-25-28-30-33-36-39-42-45-48-51-54-60(63)66-57-58(56-65-59(62)53-50-47-44-41-38-35-32-27-24-21-18-15-12-9-6-3)67-61(64)55-52-49-46-43-40-37-34-31-29-26-23-20-17-14-11-8-5-2/h16,18-19,21,25-29,32-33,36,38,41,58H,4-15,17,20,22-24,30-31,34-35,37,39-40,42-57H2,1-3H3/b19-16-,21-18-,28-25-,29-26-,32-27-,36-33-,41-38-/t58-/m0/s1. The Labute approximate surface area is 414 Å². The van der Waals surface area contributed by atoms with Crippen molar-refractivity contribution in [3.63, 3.8) is 0 Å². The first kappa shape index (κ1) is 63.6. The molecule has 0 bridgehead atoms. The van der Waals surface area contributed by atoms with Gasteiger partial charge in [-0.1, -0.05) is 209 Å². The number of unbranched alkanes of at least 4 members (excludes halogenated alkanes) is 25. The molecule has 6 heteroatoms. The predicted molar refractivity (Wildman–Crippen MR) is 288 cm³/mol. The topological polar surface area (TPSA) is 78.9 Å². The zero-order valence-corrected chi connectivity index (χ0v) is 43.9. The highest BCUT2D eigenvalue weighted by Gasteiger charge is 2.19. The summed E-state index contributed by atoms with van der Waals surface area (Å²) in [6, 6.07) is 0. The molecule has 0 unspecified atom stereocenters. The van der Waals surface area contributed by atoms with E-state index in [1.807, 2.05) is 0 Å². The van der Waals surface area contributed by atoms with Gasteiger partial charge < -0.3 is 14.2 Å². The number of ether oxygens (including phenoxy) is 3. The number of hydrogen-bond acceptors (Lipinski definition) is 6. The second kappa shape index (κ2) is 55.2. The molecule has 6 nitrogen and oxygen atoms in total. The first-order valence-electron chi connectivity index (χ1n) is 28.1. The van der Waals surface area contributed by atoms with Gasteiger partial charge in [-0.15, -0.1) is 0 Å². The molecule has 0 heterocycles. The van der Waals surface area contributed by atoms with E-state index in [0.29, 0.717) is 19.3 Å². The first-order valence-corrected chi connectivity index (χ1v) is 28.1. The quantitative estimate of drug-likeness (QED) is 0.0262. The summed E-state index contributed by atoms with van der Waals surface area (Å²) in [5.41, 5.74) is 0. The van der Waals surface area contributed by atoms with Crippen molar-refractivity contribution in [3.05, 3.63) is 85.1 Å². The zero-order valence-electron chi connectivity index (χ0n) is 43.9. The highest BCUT2D eigenvalue weighted by Crippen LogP contribution is 2.14. The summed E-state index contributed by atoms with van der Waals surface area (Å²) in [4.78, 5) is 38.1. The van der Waals surface area contributed by atoms with Gasteiger partial charge in [0.25, 0.3) is 0 Å². The van der Waals surface area contributed by atoms with Crippen molar-refractivity contribution < 1.29 is 28.6 Å². The molecule has 0 aromatic carbocycles. The molecule has 0 aliphatic heterocycles. The Bertz CT molecular complexity index is 1300. The fraction of sp³-hybridized carbons (Fsp3) is 0.721. The maximum absolute atomic E-state index is 12.8. The smallest absolute Gasteiger partial charge is 0.306 e. The molecular formula is C61H104O6. The van der Waals surface area contributed by atoms with E-state index < -0.39 is 6.10 Å². The summed E-state index contributed by atoms with van der Waals surface area (Å²) < 4.78 is 16.8. The maximum atomic E-state index is 12.8. The average molecular weight is 933 g/mol. The molecule has 0 saturated heterocycles. The highest BCUT2D eigenvalue weighted by molar-refractivity contribution is 5.71. The van der Waals surface area contributed by atoms with Crippen molar-refractivity contribution in [2.45, 2.75) is 271 Å². The fourth-order valence-electron chi connectivity index (χ4n) is 7.57. The molecule has 0 amide bonds. The van der Waals surface area contributed by atoms with E-state index in [1.54, 1.807) is 0 Å². The van der Waals surface area contributed by atoms with E-state index in [0.717, 1.165) is 96.3 Å². The predicted octanol–water partition coefficient (Wildman–Crippen LogP) is 18.8. The van der Waals surface area contributed by atoms with Crippen molar-refractivity contribution >= 4 is 17.9 Å². The normalized spacial score (nSPS) is 12.7. The van der Waals surface area contributed by atoms with Gasteiger partial charge in [0.1, 0.15) is 13.2 Å². The van der Waals surface area contributed by atoms with E-state index in [4.69, 9.17) is 14.2 Å². The minimum atomic E-state index is -0.804. The zero-order chi connectivity index (χ0) is 48.6. The Balaban J connectivity index is 4.49. The van der Waals surface area contributed by atoms with Crippen LogP contribution in [-0.2, 0) is 28.6 Å². The molecule has 0 rings (SSSR count). The fourth-order valence-corrected chi connectivity index (χ4v) is 7.57. The second-order valence-electron chi connectivity index (χ2n) is 18.5. The van der Waals surface area contributed by atoms with Crippen LogP contribution < -0.4 is 0 Å². The largest absolute Gasteiger partial charge is 0.462 e. The number of rotatable bonds is 50. The third-order valence-corrected chi connectivity index (χ3v) is 11.8. The summed E-state index contributed by atoms with van der Waals surface area (Å²) in [6.45, 7) is 6.53. The molecule has 0 aromatic heterocycles. The van der Waals surface area contributed by atoms with Crippen LogP contribution in [0.4, 0.5) is 0 Å². The third kappa shape index (κ3) is 53.4. The van der Waals surface area contributed by atoms with Crippen molar-refractivity contribution in [1.29, 1.82) is 0 Å². The lowest BCUT2D eigenvalue weighted by molar-refractivity contribution is -0.167. The monoisotopic (exact) mass is 933 g/mol. The van der Waals surface area contributed by atoms with Gasteiger partial charge in [-0.3, -0.25) is 14.4 Å². The van der Waals surface area contributed by atoms with Gasteiger partial charge in [-0.2, -0.15) is 0 Å². The Kier molecular flexibility index (Phi) is 52.4. The second-order valence-corrected chi connectivity index (χ2v) is 18.5. The number of esters is 3. The molecule has 0 fully saturated rings. The molecular weight excluding hydrogens is 829 g/mol. The van der Waals surface area contributed by atoms with Crippen LogP contribution in [-0.4, -0.2) is 37.2 Å². The van der Waals surface area contributed by atoms with Crippen LogP contribution in [0.5, 0.6) is 0 Å². The van der Waals surface area contributed by atoms with E-state index >= 15 is 0 Å². The molecule has 0 N–H and O–H groups in total. The molecule has 0 aromatic rings. The van der Waals surface area contributed by atoms with Gasteiger partial charge >= 0.3 is 17.9 Å². The third-order valence-electron chi connectivity index (χ3n) is 11.8. The van der Waals surface area contributed by atoms with Crippen LogP contribution in [0, 0.1) is 0 Å². The Morgan fingerprint density at radius 3 is 0.910 bits per heavy atom. The van der Waals surface area contributed by atoms with Crippen LogP contribution in [0.2, 0.25) is 0 Å². The molecule has 1 atom stereocenters. The molecule has 384 valence electrons. The van der Waals surface area contributed by atoms with Crippen molar-refractivity contribution in [2.24, 2.45) is 0 Å². The van der Waals surface area contributed by atoms with E-state index in [2.05, 4.69) is 106 Å². The van der Waals surface area contributed by atoms with Gasteiger partial charge in [0.2, 0.25) is 0 Å². The highest BCUT2D eigenvalue weighted by atomic mass is 16.6.